The van der Waals surface area contributed by atoms with Gasteiger partial charge in [-0.3, -0.25) is 14.6 Å². The van der Waals surface area contributed by atoms with Crippen molar-refractivity contribution in [2.24, 2.45) is 0 Å². The monoisotopic (exact) mass is 294 g/mol. The first-order valence-corrected chi connectivity index (χ1v) is 6.43. The van der Waals surface area contributed by atoms with Gasteiger partial charge in [0.15, 0.2) is 5.58 Å². The Hall–Kier alpha value is -3.28. The maximum atomic E-state index is 12.2. The lowest BCUT2D eigenvalue weighted by atomic mass is 10.1. The summed E-state index contributed by atoms with van der Waals surface area (Å²) in [6.07, 6.45) is 1.74. The Kier molecular flexibility index (Phi) is 3.49. The van der Waals surface area contributed by atoms with Gasteiger partial charge in [-0.2, -0.15) is 0 Å². The van der Waals surface area contributed by atoms with Crippen LogP contribution in [-0.2, 0) is 9.59 Å². The molecule has 0 fully saturated rings. The first-order valence-electron chi connectivity index (χ1n) is 6.43. The molecule has 0 aliphatic rings. The smallest absolute Gasteiger partial charge is 0.345 e. The first-order chi connectivity index (χ1) is 10.7. The topological polar surface area (TPSA) is 89.3 Å². The van der Waals surface area contributed by atoms with Gasteiger partial charge in [-0.15, -0.1) is 0 Å². The van der Waals surface area contributed by atoms with Gasteiger partial charge < -0.3 is 9.73 Å². The molecule has 0 saturated heterocycles. The van der Waals surface area contributed by atoms with Gasteiger partial charge in [0.05, 0.1) is 16.9 Å². The van der Waals surface area contributed by atoms with Crippen LogP contribution in [0.1, 0.15) is 0 Å². The number of benzene rings is 1. The summed E-state index contributed by atoms with van der Waals surface area (Å²) in [4.78, 5) is 37.9. The maximum absolute atomic E-state index is 12.2. The Morgan fingerprint density at radius 3 is 2.77 bits per heavy atom. The molecule has 2 heterocycles. The van der Waals surface area contributed by atoms with Crippen LogP contribution in [0.5, 0.6) is 0 Å². The van der Waals surface area contributed by atoms with Crippen LogP contribution in [0, 0.1) is 0 Å². The number of hydrogen-bond donors (Lipinski definition) is 1. The summed E-state index contributed by atoms with van der Waals surface area (Å²) in [6.45, 7) is 0. The van der Waals surface area contributed by atoms with Gasteiger partial charge >= 0.3 is 5.63 Å². The number of carbonyl (C=O) groups is 2. The van der Waals surface area contributed by atoms with Gasteiger partial charge in [0.25, 0.3) is 5.91 Å². The lowest BCUT2D eigenvalue weighted by Gasteiger charge is -2.06. The average Bonchev–Trinajstić information content (AvgIpc) is 2.55. The Balaban J connectivity index is 2.18. The van der Waals surface area contributed by atoms with Crippen LogP contribution < -0.4 is 10.9 Å². The molecular weight excluding hydrogens is 284 g/mol. The van der Waals surface area contributed by atoms with E-state index in [1.54, 1.807) is 48.7 Å². The maximum Gasteiger partial charge on any atom is 0.345 e. The van der Waals surface area contributed by atoms with E-state index in [4.69, 9.17) is 4.42 Å². The van der Waals surface area contributed by atoms with Gasteiger partial charge in [-0.1, -0.05) is 18.2 Å². The highest BCUT2D eigenvalue weighted by molar-refractivity contribution is 6.30. The van der Waals surface area contributed by atoms with Crippen molar-refractivity contribution >= 4 is 28.8 Å². The van der Waals surface area contributed by atoms with Crippen molar-refractivity contribution < 1.29 is 14.0 Å². The third-order valence-electron chi connectivity index (χ3n) is 3.07. The fourth-order valence-electron chi connectivity index (χ4n) is 2.11. The molecule has 3 aromatic rings. The zero-order valence-electron chi connectivity index (χ0n) is 11.3. The fourth-order valence-corrected chi connectivity index (χ4v) is 2.11. The number of aldehydes is 1. The standard InChI is InChI=1S/C16H10N2O4/c19-9-14(20)18-13-6-3-4-10-8-11(16(21)22-15(10)13)12-5-1-2-7-17-12/h1-9H,(H,18,20). The highest BCUT2D eigenvalue weighted by Gasteiger charge is 2.12. The number of nitrogens with one attached hydrogen (secondary N) is 1. The normalized spacial score (nSPS) is 10.4. The van der Waals surface area contributed by atoms with Gasteiger partial charge in [-0.05, 0) is 24.3 Å². The molecule has 0 aliphatic heterocycles. The zero-order valence-corrected chi connectivity index (χ0v) is 11.3. The predicted molar refractivity (Wildman–Crippen MR) is 80.4 cm³/mol. The first kappa shape index (κ1) is 13.7. The van der Waals surface area contributed by atoms with Crippen molar-refractivity contribution in [2.45, 2.75) is 0 Å². The molecule has 0 atom stereocenters. The van der Waals surface area contributed by atoms with Gasteiger partial charge in [-0.25, -0.2) is 4.79 Å². The molecule has 0 saturated carbocycles. The molecule has 1 aromatic carbocycles. The molecule has 6 nitrogen and oxygen atoms in total. The molecule has 3 rings (SSSR count). The summed E-state index contributed by atoms with van der Waals surface area (Å²) < 4.78 is 5.30. The minimum atomic E-state index is -0.816. The molecule has 1 amide bonds. The summed E-state index contributed by atoms with van der Waals surface area (Å²) in [5.41, 5.74) is 0.730. The Morgan fingerprint density at radius 1 is 1.18 bits per heavy atom. The summed E-state index contributed by atoms with van der Waals surface area (Å²) in [7, 11) is 0. The number of pyridine rings is 1. The van der Waals surface area contributed by atoms with Crippen molar-refractivity contribution in [3.8, 4) is 11.3 Å². The fraction of sp³-hybridized carbons (Fsp3) is 0. The molecule has 22 heavy (non-hydrogen) atoms. The molecule has 1 N–H and O–H groups in total. The van der Waals surface area contributed by atoms with Crippen molar-refractivity contribution in [3.05, 3.63) is 59.1 Å². The minimum Gasteiger partial charge on any atom is -0.420 e. The van der Waals surface area contributed by atoms with E-state index in [9.17, 15) is 14.4 Å². The Labute approximate surface area is 124 Å². The summed E-state index contributed by atoms with van der Waals surface area (Å²) >= 11 is 0. The van der Waals surface area contributed by atoms with Crippen LogP contribution in [-0.4, -0.2) is 17.2 Å². The average molecular weight is 294 g/mol. The number of fused-ring (bicyclic) bond motifs is 1. The second-order valence-electron chi connectivity index (χ2n) is 4.49. The van der Waals surface area contributed by atoms with E-state index in [2.05, 4.69) is 10.3 Å². The van der Waals surface area contributed by atoms with Crippen LogP contribution in [0.15, 0.2) is 57.9 Å². The van der Waals surface area contributed by atoms with Crippen molar-refractivity contribution in [1.82, 2.24) is 4.98 Å². The molecule has 0 radical (unpaired) electrons. The SMILES string of the molecule is O=CC(=O)Nc1cccc2cc(-c3ccccn3)c(=O)oc12. The molecule has 2 aromatic heterocycles. The number of amides is 1. The second kappa shape index (κ2) is 5.61. The van der Waals surface area contributed by atoms with Crippen molar-refractivity contribution in [1.29, 1.82) is 0 Å². The van der Waals surface area contributed by atoms with Crippen LogP contribution in [0.4, 0.5) is 5.69 Å². The van der Waals surface area contributed by atoms with E-state index in [-0.39, 0.29) is 17.6 Å². The highest BCUT2D eigenvalue weighted by atomic mass is 16.4. The van der Waals surface area contributed by atoms with E-state index in [0.29, 0.717) is 16.6 Å². The lowest BCUT2D eigenvalue weighted by molar-refractivity contribution is -0.127. The van der Waals surface area contributed by atoms with Crippen molar-refractivity contribution in [2.75, 3.05) is 5.32 Å². The predicted octanol–water partition coefficient (Wildman–Crippen LogP) is 1.99. The Morgan fingerprint density at radius 2 is 2.05 bits per heavy atom. The zero-order chi connectivity index (χ0) is 15.5. The van der Waals surface area contributed by atoms with E-state index in [1.165, 1.54) is 0 Å². The summed E-state index contributed by atoms with van der Waals surface area (Å²) in [6, 6.07) is 11.8. The van der Waals surface area contributed by atoms with Gasteiger partial charge in [0.1, 0.15) is 0 Å². The molecule has 0 bridgehead atoms. The molecule has 0 spiro atoms. The largest absolute Gasteiger partial charge is 0.420 e. The number of hydrogen-bond acceptors (Lipinski definition) is 5. The number of rotatable bonds is 3. The Bertz CT molecular complexity index is 916. The van der Waals surface area contributed by atoms with E-state index in [1.807, 2.05) is 0 Å². The van der Waals surface area contributed by atoms with Gasteiger partial charge in [0.2, 0.25) is 6.29 Å². The minimum absolute atomic E-state index is 0.152. The third kappa shape index (κ3) is 2.49. The molecule has 6 heteroatoms. The van der Waals surface area contributed by atoms with Crippen LogP contribution >= 0.6 is 0 Å². The summed E-state index contributed by atoms with van der Waals surface area (Å²) in [5.74, 6) is -0.816. The van der Waals surface area contributed by atoms with Crippen LogP contribution in [0.2, 0.25) is 0 Å². The summed E-state index contributed by atoms with van der Waals surface area (Å²) in [5, 5.41) is 2.98. The molecule has 0 unspecified atom stereocenters. The third-order valence-corrected chi connectivity index (χ3v) is 3.07. The van der Waals surface area contributed by atoms with Gasteiger partial charge in [0, 0.05) is 11.6 Å². The molecule has 0 aliphatic carbocycles. The van der Waals surface area contributed by atoms with E-state index < -0.39 is 11.5 Å². The number of nitrogens with zero attached hydrogens (tertiary/aromatic N) is 1. The molecular formula is C16H10N2O4. The quantitative estimate of drug-likeness (QED) is 0.453. The number of para-hydroxylation sites is 1. The van der Waals surface area contributed by atoms with E-state index in [0.717, 1.165) is 0 Å². The van der Waals surface area contributed by atoms with Crippen LogP contribution in [0.3, 0.4) is 0 Å². The molecule has 108 valence electrons. The van der Waals surface area contributed by atoms with Crippen LogP contribution in [0.25, 0.3) is 22.2 Å². The number of anilines is 1. The van der Waals surface area contributed by atoms with Crippen molar-refractivity contribution in [3.63, 3.8) is 0 Å². The second-order valence-corrected chi connectivity index (χ2v) is 4.49. The lowest BCUT2D eigenvalue weighted by Crippen LogP contribution is -2.13. The number of aromatic nitrogens is 1. The number of carbonyl (C=O) groups excluding carboxylic acids is 2. The van der Waals surface area contributed by atoms with E-state index >= 15 is 0 Å². The highest BCUT2D eigenvalue weighted by Crippen LogP contribution is 2.25.